The lowest BCUT2D eigenvalue weighted by molar-refractivity contribution is -0.138. The third-order valence-electron chi connectivity index (χ3n) is 2.69. The predicted octanol–water partition coefficient (Wildman–Crippen LogP) is 0.987. The van der Waals surface area contributed by atoms with E-state index in [0.717, 1.165) is 12.1 Å². The number of aliphatic carboxylic acids is 1. The van der Waals surface area contributed by atoms with Gasteiger partial charge in [0.2, 0.25) is 5.91 Å². The molecule has 1 amide bonds. The van der Waals surface area contributed by atoms with Gasteiger partial charge in [0, 0.05) is 12.1 Å². The summed E-state index contributed by atoms with van der Waals surface area (Å²) in [5.74, 6) is -3.00. The van der Waals surface area contributed by atoms with Gasteiger partial charge in [-0.25, -0.2) is 8.78 Å². The third kappa shape index (κ3) is 4.93. The summed E-state index contributed by atoms with van der Waals surface area (Å²) < 4.78 is 27.0. The number of amides is 1. The van der Waals surface area contributed by atoms with Gasteiger partial charge in [0.25, 0.3) is 0 Å². The molecule has 20 heavy (non-hydrogen) atoms. The highest BCUT2D eigenvalue weighted by molar-refractivity contribution is 5.82. The van der Waals surface area contributed by atoms with Crippen LogP contribution in [0.3, 0.4) is 0 Å². The van der Waals surface area contributed by atoms with Gasteiger partial charge >= 0.3 is 5.97 Å². The van der Waals surface area contributed by atoms with E-state index in [-0.39, 0.29) is 18.7 Å². The molecule has 0 aromatic heterocycles. The van der Waals surface area contributed by atoms with Gasteiger partial charge < -0.3 is 10.4 Å². The minimum absolute atomic E-state index is 0.0600. The van der Waals surface area contributed by atoms with Crippen LogP contribution in [0.1, 0.15) is 12.5 Å². The average Bonchev–Trinajstić information content (AvgIpc) is 2.39. The molecule has 0 aliphatic carbocycles. The molecule has 1 aromatic rings. The Morgan fingerprint density at radius 3 is 2.40 bits per heavy atom. The van der Waals surface area contributed by atoms with Crippen LogP contribution in [0.2, 0.25) is 0 Å². The topological polar surface area (TPSA) is 69.6 Å². The largest absolute Gasteiger partial charge is 0.480 e. The van der Waals surface area contributed by atoms with E-state index in [4.69, 9.17) is 5.11 Å². The molecule has 0 radical (unpaired) electrons. The smallest absolute Gasteiger partial charge is 0.322 e. The van der Waals surface area contributed by atoms with Crippen LogP contribution in [0.25, 0.3) is 0 Å². The Kier molecular flexibility index (Phi) is 6.05. The van der Waals surface area contributed by atoms with Gasteiger partial charge in [-0.1, -0.05) is 13.0 Å². The number of carboxylic acids is 1. The minimum atomic E-state index is -1.15. The van der Waals surface area contributed by atoms with Crippen molar-refractivity contribution in [3.63, 3.8) is 0 Å². The van der Waals surface area contributed by atoms with Crippen LogP contribution in [-0.4, -0.2) is 41.5 Å². The van der Waals surface area contributed by atoms with E-state index in [0.29, 0.717) is 6.54 Å². The highest BCUT2D eigenvalue weighted by Crippen LogP contribution is 2.14. The summed E-state index contributed by atoms with van der Waals surface area (Å²) in [6, 6.07) is 3.57. The maximum Gasteiger partial charge on any atom is 0.322 e. The number of carbonyl (C=O) groups is 2. The van der Waals surface area contributed by atoms with Crippen molar-refractivity contribution in [2.45, 2.75) is 13.5 Å². The maximum absolute atomic E-state index is 13.5. The quantitative estimate of drug-likeness (QED) is 0.784. The number of nitrogens with zero attached hydrogens (tertiary/aromatic N) is 1. The van der Waals surface area contributed by atoms with Crippen LogP contribution >= 0.6 is 0 Å². The molecule has 0 aliphatic heterocycles. The van der Waals surface area contributed by atoms with E-state index in [1.54, 1.807) is 6.92 Å². The van der Waals surface area contributed by atoms with Gasteiger partial charge in [0.05, 0.1) is 6.54 Å². The van der Waals surface area contributed by atoms with Crippen molar-refractivity contribution >= 4 is 11.9 Å². The number of benzene rings is 1. The van der Waals surface area contributed by atoms with Crippen LogP contribution < -0.4 is 5.32 Å². The SMILES string of the molecule is CCN(CC(=O)NCC(=O)O)Cc1c(F)cccc1F. The molecule has 7 heteroatoms. The second kappa shape index (κ2) is 7.54. The molecule has 0 bridgehead atoms. The lowest BCUT2D eigenvalue weighted by Gasteiger charge is -2.20. The fourth-order valence-corrected chi connectivity index (χ4v) is 1.62. The Morgan fingerprint density at radius 2 is 1.90 bits per heavy atom. The Labute approximate surface area is 115 Å². The Hall–Kier alpha value is -2.02. The number of likely N-dealkylation sites (N-methyl/N-ethyl adjacent to an activating group) is 1. The van der Waals surface area contributed by atoms with Gasteiger partial charge in [-0.05, 0) is 18.7 Å². The van der Waals surface area contributed by atoms with E-state index in [2.05, 4.69) is 5.32 Å². The normalized spacial score (nSPS) is 10.6. The summed E-state index contributed by atoms with van der Waals surface area (Å²) in [5.41, 5.74) is -0.111. The number of hydrogen-bond donors (Lipinski definition) is 2. The molecule has 5 nitrogen and oxygen atoms in total. The van der Waals surface area contributed by atoms with Crippen molar-refractivity contribution in [1.82, 2.24) is 10.2 Å². The Balaban J connectivity index is 2.63. The van der Waals surface area contributed by atoms with Crippen LogP contribution in [-0.2, 0) is 16.1 Å². The zero-order valence-electron chi connectivity index (χ0n) is 11.0. The molecule has 2 N–H and O–H groups in total. The summed E-state index contributed by atoms with van der Waals surface area (Å²) >= 11 is 0. The summed E-state index contributed by atoms with van der Waals surface area (Å²) in [6.07, 6.45) is 0. The molecule has 0 aliphatic rings. The number of hydrogen-bond acceptors (Lipinski definition) is 3. The van der Waals surface area contributed by atoms with Gasteiger partial charge in [-0.3, -0.25) is 14.5 Å². The molecule has 0 unspecified atom stereocenters. The van der Waals surface area contributed by atoms with Gasteiger partial charge in [-0.15, -0.1) is 0 Å². The van der Waals surface area contributed by atoms with Crippen molar-refractivity contribution in [2.24, 2.45) is 0 Å². The molecule has 0 spiro atoms. The molecule has 0 fully saturated rings. The van der Waals surface area contributed by atoms with E-state index >= 15 is 0 Å². The highest BCUT2D eigenvalue weighted by Gasteiger charge is 2.15. The molecule has 1 aromatic carbocycles. The summed E-state index contributed by atoms with van der Waals surface area (Å²) in [6.45, 7) is 1.47. The van der Waals surface area contributed by atoms with Crippen molar-refractivity contribution in [3.8, 4) is 0 Å². The fraction of sp³-hybridized carbons (Fsp3) is 0.385. The summed E-state index contributed by atoms with van der Waals surface area (Å²) in [5, 5.41) is 10.6. The Bertz CT molecular complexity index is 474. The van der Waals surface area contributed by atoms with Crippen molar-refractivity contribution < 1.29 is 23.5 Å². The van der Waals surface area contributed by atoms with E-state index < -0.39 is 30.1 Å². The molecular weight excluding hydrogens is 270 g/mol. The fourth-order valence-electron chi connectivity index (χ4n) is 1.62. The number of carboxylic acid groups (broad SMARTS) is 1. The molecular formula is C13H16F2N2O3. The van der Waals surface area contributed by atoms with Crippen LogP contribution in [0.15, 0.2) is 18.2 Å². The van der Waals surface area contributed by atoms with Crippen molar-refractivity contribution in [1.29, 1.82) is 0 Å². The number of rotatable bonds is 7. The number of nitrogens with one attached hydrogen (secondary N) is 1. The maximum atomic E-state index is 13.5. The molecule has 1 rings (SSSR count). The lowest BCUT2D eigenvalue weighted by atomic mass is 10.2. The average molecular weight is 286 g/mol. The third-order valence-corrected chi connectivity index (χ3v) is 2.69. The molecule has 0 atom stereocenters. The molecule has 0 saturated carbocycles. The molecule has 0 saturated heterocycles. The Morgan fingerprint density at radius 1 is 1.30 bits per heavy atom. The second-order valence-corrected chi connectivity index (χ2v) is 4.17. The van der Waals surface area contributed by atoms with Gasteiger partial charge in [0.15, 0.2) is 0 Å². The first-order valence-electron chi connectivity index (χ1n) is 6.07. The number of carbonyl (C=O) groups excluding carboxylic acids is 1. The van der Waals surface area contributed by atoms with Gasteiger partial charge in [-0.2, -0.15) is 0 Å². The first-order chi connectivity index (χ1) is 9.43. The zero-order valence-corrected chi connectivity index (χ0v) is 11.0. The van der Waals surface area contributed by atoms with Gasteiger partial charge in [0.1, 0.15) is 18.2 Å². The van der Waals surface area contributed by atoms with E-state index in [1.807, 2.05) is 0 Å². The number of halogens is 2. The van der Waals surface area contributed by atoms with E-state index in [1.165, 1.54) is 11.0 Å². The monoisotopic (exact) mass is 286 g/mol. The van der Waals surface area contributed by atoms with Crippen LogP contribution in [0, 0.1) is 11.6 Å². The lowest BCUT2D eigenvalue weighted by Crippen LogP contribution is -2.39. The summed E-state index contributed by atoms with van der Waals surface area (Å²) in [7, 11) is 0. The van der Waals surface area contributed by atoms with Crippen molar-refractivity contribution in [2.75, 3.05) is 19.6 Å². The highest BCUT2D eigenvalue weighted by atomic mass is 19.1. The van der Waals surface area contributed by atoms with E-state index in [9.17, 15) is 18.4 Å². The second-order valence-electron chi connectivity index (χ2n) is 4.17. The standard InChI is InChI=1S/C13H16F2N2O3/c1-2-17(8-12(18)16-6-13(19)20)7-9-10(14)4-3-5-11(9)15/h3-5H,2,6-8H2,1H3,(H,16,18)(H,19,20). The van der Waals surface area contributed by atoms with Crippen LogP contribution in [0.4, 0.5) is 8.78 Å². The molecule has 110 valence electrons. The van der Waals surface area contributed by atoms with Crippen molar-refractivity contribution in [3.05, 3.63) is 35.4 Å². The van der Waals surface area contributed by atoms with Crippen LogP contribution in [0.5, 0.6) is 0 Å². The summed E-state index contributed by atoms with van der Waals surface area (Å²) in [4.78, 5) is 23.3. The minimum Gasteiger partial charge on any atom is -0.480 e. The first-order valence-corrected chi connectivity index (χ1v) is 6.07. The first kappa shape index (κ1) is 16.0. The predicted molar refractivity (Wildman–Crippen MR) is 68.0 cm³/mol. The zero-order chi connectivity index (χ0) is 15.1. The molecule has 0 heterocycles.